The fourth-order valence-corrected chi connectivity index (χ4v) is 2.91. The normalized spacial score (nSPS) is 12.5. The molecule has 2 unspecified atom stereocenters. The maximum absolute atomic E-state index is 14.1. The van der Waals surface area contributed by atoms with Crippen LogP contribution in [0.15, 0.2) is 18.2 Å². The molecular formula is C23H33FN4O8. The van der Waals surface area contributed by atoms with Crippen LogP contribution in [0.2, 0.25) is 0 Å². The van der Waals surface area contributed by atoms with Gasteiger partial charge >= 0.3 is 12.1 Å². The van der Waals surface area contributed by atoms with Crippen LogP contribution >= 0.6 is 0 Å². The SMILES string of the molecule is COc1ccc(CC(C(=O)NCC(=O)O)N(C)C(=O)CNC(=O)C(C)NC(=O)OC(C)(C)C)cc1F. The molecule has 0 spiro atoms. The van der Waals surface area contributed by atoms with Gasteiger partial charge in [-0.3, -0.25) is 19.2 Å². The molecule has 0 heterocycles. The predicted octanol–water partition coefficient (Wildman–Crippen LogP) is 0.434. The summed E-state index contributed by atoms with van der Waals surface area (Å²) in [7, 11) is 2.59. The molecule has 0 aliphatic carbocycles. The number of amides is 4. The number of halogens is 1. The average Bonchev–Trinajstić information content (AvgIpc) is 2.77. The van der Waals surface area contributed by atoms with Gasteiger partial charge in [0, 0.05) is 13.5 Å². The molecule has 0 radical (unpaired) electrons. The molecule has 1 aromatic carbocycles. The fraction of sp³-hybridized carbons (Fsp3) is 0.522. The van der Waals surface area contributed by atoms with E-state index in [4.69, 9.17) is 14.6 Å². The van der Waals surface area contributed by atoms with Gasteiger partial charge in [-0.05, 0) is 45.4 Å². The summed E-state index contributed by atoms with van der Waals surface area (Å²) in [5, 5.41) is 15.8. The molecule has 36 heavy (non-hydrogen) atoms. The summed E-state index contributed by atoms with van der Waals surface area (Å²) in [4.78, 5) is 61.4. The predicted molar refractivity (Wildman–Crippen MR) is 126 cm³/mol. The van der Waals surface area contributed by atoms with E-state index in [0.29, 0.717) is 5.56 Å². The highest BCUT2D eigenvalue weighted by Gasteiger charge is 2.29. The standard InChI is InChI=1S/C23H33FN4O8/c1-13(27-22(34)36-23(2,3)4)20(32)25-11-18(29)28(5)16(21(33)26-12-19(30)31)10-14-7-8-17(35-6)15(24)9-14/h7-9,13,16H,10-12H2,1-6H3,(H,25,32)(H,26,33)(H,27,34)(H,30,31). The van der Waals surface area contributed by atoms with Crippen LogP contribution < -0.4 is 20.7 Å². The zero-order valence-corrected chi connectivity index (χ0v) is 21.1. The van der Waals surface area contributed by atoms with E-state index < -0.39 is 66.4 Å². The van der Waals surface area contributed by atoms with Gasteiger partial charge in [-0.15, -0.1) is 0 Å². The number of aliphatic carboxylic acids is 1. The number of ether oxygens (including phenoxy) is 2. The third-order valence-electron chi connectivity index (χ3n) is 4.76. The molecule has 12 nitrogen and oxygen atoms in total. The number of carboxylic acid groups (broad SMARTS) is 1. The number of hydrogen-bond acceptors (Lipinski definition) is 7. The Balaban J connectivity index is 2.87. The van der Waals surface area contributed by atoms with E-state index in [1.54, 1.807) is 20.8 Å². The smallest absolute Gasteiger partial charge is 0.408 e. The monoisotopic (exact) mass is 512 g/mol. The lowest BCUT2D eigenvalue weighted by molar-refractivity contribution is -0.141. The molecule has 0 bridgehead atoms. The van der Waals surface area contributed by atoms with Gasteiger partial charge in [0.1, 0.15) is 24.2 Å². The van der Waals surface area contributed by atoms with E-state index >= 15 is 0 Å². The number of likely N-dealkylation sites (N-methyl/N-ethyl adjacent to an activating group) is 1. The van der Waals surface area contributed by atoms with Gasteiger partial charge < -0.3 is 35.4 Å². The van der Waals surface area contributed by atoms with Crippen LogP contribution in [0, 0.1) is 5.82 Å². The number of carboxylic acids is 1. The highest BCUT2D eigenvalue weighted by molar-refractivity contribution is 5.92. The molecule has 0 aromatic heterocycles. The second-order valence-electron chi connectivity index (χ2n) is 8.89. The molecular weight excluding hydrogens is 479 g/mol. The van der Waals surface area contributed by atoms with Crippen molar-refractivity contribution in [1.82, 2.24) is 20.9 Å². The summed E-state index contributed by atoms with van der Waals surface area (Å²) in [6.45, 7) is 5.18. The van der Waals surface area contributed by atoms with Crippen LogP contribution in [-0.2, 0) is 30.3 Å². The molecule has 200 valence electrons. The second-order valence-corrected chi connectivity index (χ2v) is 8.89. The van der Waals surface area contributed by atoms with E-state index in [1.165, 1.54) is 33.2 Å². The number of methoxy groups -OCH3 is 1. The van der Waals surface area contributed by atoms with Crippen LogP contribution in [0.25, 0.3) is 0 Å². The van der Waals surface area contributed by atoms with Gasteiger partial charge in [0.2, 0.25) is 17.7 Å². The summed E-state index contributed by atoms with van der Waals surface area (Å²) in [5.74, 6) is -4.11. The maximum atomic E-state index is 14.1. The minimum absolute atomic E-state index is 0.00752. The van der Waals surface area contributed by atoms with E-state index in [0.717, 1.165) is 11.0 Å². The quantitative estimate of drug-likeness (QED) is 0.332. The molecule has 1 rings (SSSR count). The Labute approximate surface area is 208 Å². The Morgan fingerprint density at radius 2 is 1.69 bits per heavy atom. The number of nitrogens with zero attached hydrogens (tertiary/aromatic N) is 1. The summed E-state index contributed by atoms with van der Waals surface area (Å²) >= 11 is 0. The topological polar surface area (TPSA) is 163 Å². The lowest BCUT2D eigenvalue weighted by Gasteiger charge is -2.28. The van der Waals surface area contributed by atoms with Crippen molar-refractivity contribution in [2.75, 3.05) is 27.2 Å². The molecule has 0 saturated carbocycles. The molecule has 4 amide bonds. The lowest BCUT2D eigenvalue weighted by Crippen LogP contribution is -2.53. The average molecular weight is 513 g/mol. The van der Waals surface area contributed by atoms with Crippen LogP contribution in [0.5, 0.6) is 5.75 Å². The molecule has 13 heteroatoms. The molecule has 0 fully saturated rings. The van der Waals surface area contributed by atoms with Crippen molar-refractivity contribution in [3.05, 3.63) is 29.6 Å². The molecule has 0 saturated heterocycles. The van der Waals surface area contributed by atoms with Crippen molar-refractivity contribution in [1.29, 1.82) is 0 Å². The van der Waals surface area contributed by atoms with Crippen molar-refractivity contribution in [2.24, 2.45) is 0 Å². The zero-order chi connectivity index (χ0) is 27.6. The number of benzene rings is 1. The number of nitrogens with one attached hydrogen (secondary N) is 3. The van der Waals surface area contributed by atoms with Crippen molar-refractivity contribution < 1.29 is 42.9 Å². The second kappa shape index (κ2) is 13.3. The lowest BCUT2D eigenvalue weighted by atomic mass is 10.0. The number of rotatable bonds is 11. The third-order valence-corrected chi connectivity index (χ3v) is 4.76. The van der Waals surface area contributed by atoms with E-state index in [-0.39, 0.29) is 12.2 Å². The molecule has 0 aliphatic heterocycles. The van der Waals surface area contributed by atoms with Crippen LogP contribution in [0.3, 0.4) is 0 Å². The van der Waals surface area contributed by atoms with Gasteiger partial charge in [-0.2, -0.15) is 0 Å². The van der Waals surface area contributed by atoms with Crippen molar-refractivity contribution in [3.8, 4) is 5.75 Å². The molecule has 0 aliphatic rings. The summed E-state index contributed by atoms with van der Waals surface area (Å²) in [5.41, 5.74) is -0.412. The van der Waals surface area contributed by atoms with E-state index in [2.05, 4.69) is 16.0 Å². The first kappa shape index (κ1) is 30.1. The summed E-state index contributed by atoms with van der Waals surface area (Å²) < 4.78 is 24.1. The van der Waals surface area contributed by atoms with Crippen LogP contribution in [-0.4, -0.2) is 84.7 Å². The number of carbonyl (C=O) groups is 5. The highest BCUT2D eigenvalue weighted by atomic mass is 19.1. The Morgan fingerprint density at radius 3 is 2.22 bits per heavy atom. The minimum atomic E-state index is -1.29. The van der Waals surface area contributed by atoms with Crippen LogP contribution in [0.4, 0.5) is 9.18 Å². The first-order chi connectivity index (χ1) is 16.6. The molecule has 2 atom stereocenters. The molecule has 4 N–H and O–H groups in total. The first-order valence-corrected chi connectivity index (χ1v) is 11.0. The fourth-order valence-electron chi connectivity index (χ4n) is 2.91. The van der Waals surface area contributed by atoms with Gasteiger partial charge in [0.25, 0.3) is 0 Å². The Morgan fingerprint density at radius 1 is 1.08 bits per heavy atom. The van der Waals surface area contributed by atoms with Gasteiger partial charge in [0.15, 0.2) is 11.6 Å². The van der Waals surface area contributed by atoms with E-state index in [9.17, 15) is 28.4 Å². The zero-order valence-electron chi connectivity index (χ0n) is 21.1. The Kier molecular flexibility index (Phi) is 11.1. The maximum Gasteiger partial charge on any atom is 0.408 e. The summed E-state index contributed by atoms with van der Waals surface area (Å²) in [6.07, 6.45) is -0.949. The molecule has 1 aromatic rings. The first-order valence-electron chi connectivity index (χ1n) is 11.0. The Hall–Kier alpha value is -3.90. The van der Waals surface area contributed by atoms with Crippen molar-refractivity contribution in [2.45, 2.75) is 51.8 Å². The number of carbonyl (C=O) groups excluding carboxylic acids is 4. The summed E-state index contributed by atoms with van der Waals surface area (Å²) in [6, 6.07) is 1.77. The number of hydrogen-bond donors (Lipinski definition) is 4. The van der Waals surface area contributed by atoms with Gasteiger partial charge in [0.05, 0.1) is 13.7 Å². The largest absolute Gasteiger partial charge is 0.494 e. The minimum Gasteiger partial charge on any atom is -0.494 e. The number of alkyl carbamates (subject to hydrolysis) is 1. The third kappa shape index (κ3) is 10.2. The van der Waals surface area contributed by atoms with Crippen LogP contribution in [0.1, 0.15) is 33.3 Å². The van der Waals surface area contributed by atoms with Crippen molar-refractivity contribution >= 4 is 29.8 Å². The Bertz CT molecular complexity index is 979. The van der Waals surface area contributed by atoms with Gasteiger partial charge in [-0.1, -0.05) is 6.07 Å². The van der Waals surface area contributed by atoms with Crippen molar-refractivity contribution in [3.63, 3.8) is 0 Å². The van der Waals surface area contributed by atoms with Gasteiger partial charge in [-0.25, -0.2) is 9.18 Å². The highest BCUT2D eigenvalue weighted by Crippen LogP contribution is 2.19. The van der Waals surface area contributed by atoms with E-state index in [1.807, 2.05) is 0 Å².